The van der Waals surface area contributed by atoms with Crippen molar-refractivity contribution in [3.63, 3.8) is 0 Å². The molecule has 0 amide bonds. The van der Waals surface area contributed by atoms with Gasteiger partial charge < -0.3 is 5.11 Å². The lowest BCUT2D eigenvalue weighted by molar-refractivity contribution is 0.103. The first-order valence-electron chi connectivity index (χ1n) is 5.66. The van der Waals surface area contributed by atoms with Crippen LogP contribution in [0.5, 0.6) is 0 Å². The minimum Gasteiger partial charge on any atom is -0.505 e. The molecule has 2 aromatic rings. The third kappa shape index (κ3) is 2.74. The molecule has 4 nitrogen and oxygen atoms in total. The highest BCUT2D eigenvalue weighted by Crippen LogP contribution is 2.20. The quantitative estimate of drug-likeness (QED) is 0.392. The fourth-order valence-electron chi connectivity index (χ4n) is 1.65. The van der Waals surface area contributed by atoms with Gasteiger partial charge in [0.05, 0.1) is 0 Å². The van der Waals surface area contributed by atoms with Crippen LogP contribution in [-0.4, -0.2) is 10.9 Å². The Kier molecular flexibility index (Phi) is 3.83. The molecule has 4 heteroatoms. The van der Waals surface area contributed by atoms with Crippen LogP contribution in [0.15, 0.2) is 71.5 Å². The van der Waals surface area contributed by atoms with Crippen LogP contribution < -0.4 is 0 Å². The van der Waals surface area contributed by atoms with E-state index in [1.54, 1.807) is 60.7 Å². The first-order valence-corrected chi connectivity index (χ1v) is 5.66. The molecule has 0 aliphatic rings. The average Bonchev–Trinajstić information content (AvgIpc) is 2.49. The number of allylic oxidation sites excluding steroid dienone is 1. The Bertz CT molecular complexity index is 618. The number of aliphatic hydroxyl groups excluding tert-OH is 1. The van der Waals surface area contributed by atoms with Crippen molar-refractivity contribution in [2.45, 2.75) is 0 Å². The van der Waals surface area contributed by atoms with E-state index >= 15 is 0 Å². The number of ketones is 1. The summed E-state index contributed by atoms with van der Waals surface area (Å²) < 4.78 is 0. The number of nitroso groups, excluding NO2 is 1. The first-order chi connectivity index (χ1) is 9.24. The molecule has 19 heavy (non-hydrogen) atoms. The van der Waals surface area contributed by atoms with Crippen LogP contribution in [0.3, 0.4) is 0 Å². The third-order valence-corrected chi connectivity index (χ3v) is 2.61. The molecule has 0 spiro atoms. The van der Waals surface area contributed by atoms with Crippen molar-refractivity contribution in [3.05, 3.63) is 82.4 Å². The zero-order valence-electron chi connectivity index (χ0n) is 9.98. The fraction of sp³-hybridized carbons (Fsp3) is 0. The van der Waals surface area contributed by atoms with E-state index in [-0.39, 0.29) is 0 Å². The predicted octanol–water partition coefficient (Wildman–Crippen LogP) is 3.56. The summed E-state index contributed by atoms with van der Waals surface area (Å²) in [5.41, 5.74) is 0.193. The maximum Gasteiger partial charge on any atom is 0.218 e. The summed E-state index contributed by atoms with van der Waals surface area (Å²) in [6, 6.07) is 16.6. The predicted molar refractivity (Wildman–Crippen MR) is 72.6 cm³/mol. The van der Waals surface area contributed by atoms with Gasteiger partial charge in [0.25, 0.3) is 0 Å². The normalized spacial score (nSPS) is 11.6. The highest BCUT2D eigenvalue weighted by molar-refractivity contribution is 6.12. The zero-order chi connectivity index (χ0) is 13.7. The molecule has 0 saturated carbocycles. The SMILES string of the molecule is O=NC(C(=O)c1ccccc1)=C(O)c1ccccc1. The maximum absolute atomic E-state index is 12.1. The van der Waals surface area contributed by atoms with E-state index in [4.69, 9.17) is 0 Å². The largest absolute Gasteiger partial charge is 0.505 e. The van der Waals surface area contributed by atoms with Gasteiger partial charge in [-0.25, -0.2) is 0 Å². The number of carbonyl (C=O) groups is 1. The van der Waals surface area contributed by atoms with E-state index in [1.165, 1.54) is 0 Å². The highest BCUT2D eigenvalue weighted by atomic mass is 16.3. The molecular weight excluding hydrogens is 242 g/mol. The second-order valence-electron chi connectivity index (χ2n) is 3.85. The van der Waals surface area contributed by atoms with E-state index in [1.807, 2.05) is 0 Å². The van der Waals surface area contributed by atoms with Crippen molar-refractivity contribution in [2.24, 2.45) is 5.18 Å². The number of hydrogen-bond donors (Lipinski definition) is 1. The molecule has 0 atom stereocenters. The number of nitrogens with zero attached hydrogens (tertiary/aromatic N) is 1. The average molecular weight is 253 g/mol. The highest BCUT2D eigenvalue weighted by Gasteiger charge is 2.19. The molecular formula is C15H11NO3. The summed E-state index contributed by atoms with van der Waals surface area (Å²) in [6.45, 7) is 0. The summed E-state index contributed by atoms with van der Waals surface area (Å²) in [7, 11) is 0. The van der Waals surface area contributed by atoms with Crippen molar-refractivity contribution in [2.75, 3.05) is 0 Å². The van der Waals surface area contributed by atoms with Crippen molar-refractivity contribution >= 4 is 11.5 Å². The van der Waals surface area contributed by atoms with E-state index in [0.717, 1.165) is 0 Å². The molecule has 0 radical (unpaired) electrons. The molecule has 0 aliphatic carbocycles. The smallest absolute Gasteiger partial charge is 0.218 e. The number of hydrogen-bond acceptors (Lipinski definition) is 4. The second kappa shape index (κ2) is 5.73. The van der Waals surface area contributed by atoms with Crippen LogP contribution in [0.1, 0.15) is 15.9 Å². The lowest BCUT2D eigenvalue weighted by Crippen LogP contribution is -2.04. The topological polar surface area (TPSA) is 66.7 Å². The zero-order valence-corrected chi connectivity index (χ0v) is 9.98. The summed E-state index contributed by atoms with van der Waals surface area (Å²) in [6.07, 6.45) is 0. The Hall–Kier alpha value is -2.75. The molecule has 0 fully saturated rings. The maximum atomic E-state index is 12.1. The molecule has 94 valence electrons. The van der Waals surface area contributed by atoms with Crippen molar-refractivity contribution in [1.82, 2.24) is 0 Å². The molecule has 0 heterocycles. The van der Waals surface area contributed by atoms with Crippen LogP contribution >= 0.6 is 0 Å². The van der Waals surface area contributed by atoms with Crippen molar-refractivity contribution in [1.29, 1.82) is 0 Å². The molecule has 1 N–H and O–H groups in total. The third-order valence-electron chi connectivity index (χ3n) is 2.61. The molecule has 0 aliphatic heterocycles. The number of rotatable bonds is 4. The minimum atomic E-state index is -0.600. The Balaban J connectivity index is 2.45. The summed E-state index contributed by atoms with van der Waals surface area (Å²) >= 11 is 0. The van der Waals surface area contributed by atoms with Crippen LogP contribution in [0.4, 0.5) is 0 Å². The summed E-state index contributed by atoms with van der Waals surface area (Å²) in [5, 5.41) is 12.6. The van der Waals surface area contributed by atoms with Crippen molar-refractivity contribution in [3.8, 4) is 0 Å². The number of benzene rings is 2. The lowest BCUT2D eigenvalue weighted by atomic mass is 10.1. The molecule has 2 aromatic carbocycles. The Morgan fingerprint density at radius 1 is 0.842 bits per heavy atom. The van der Waals surface area contributed by atoms with Crippen molar-refractivity contribution < 1.29 is 9.90 Å². The van der Waals surface area contributed by atoms with Crippen LogP contribution in [-0.2, 0) is 0 Å². The van der Waals surface area contributed by atoms with Gasteiger partial charge in [0.1, 0.15) is 0 Å². The Morgan fingerprint density at radius 2 is 1.32 bits per heavy atom. The van der Waals surface area contributed by atoms with Gasteiger partial charge in [-0.15, -0.1) is 4.91 Å². The van der Waals surface area contributed by atoms with E-state index in [9.17, 15) is 14.8 Å². The van der Waals surface area contributed by atoms with Gasteiger partial charge in [0.15, 0.2) is 11.5 Å². The van der Waals surface area contributed by atoms with Crippen LogP contribution in [0.25, 0.3) is 5.76 Å². The van der Waals surface area contributed by atoms with Gasteiger partial charge in [0, 0.05) is 11.1 Å². The second-order valence-corrected chi connectivity index (χ2v) is 3.85. The van der Waals surface area contributed by atoms with E-state index in [2.05, 4.69) is 5.18 Å². The molecule has 2 rings (SSSR count). The number of carbonyl (C=O) groups excluding carboxylic acids is 1. The van der Waals surface area contributed by atoms with Gasteiger partial charge in [-0.05, 0) is 5.18 Å². The Morgan fingerprint density at radius 3 is 1.79 bits per heavy atom. The molecule has 0 aromatic heterocycles. The summed E-state index contributed by atoms with van der Waals surface area (Å²) in [5.74, 6) is -1.01. The van der Waals surface area contributed by atoms with Gasteiger partial charge in [-0.2, -0.15) is 0 Å². The fourth-order valence-corrected chi connectivity index (χ4v) is 1.65. The van der Waals surface area contributed by atoms with E-state index in [0.29, 0.717) is 11.1 Å². The molecule has 0 unspecified atom stereocenters. The lowest BCUT2D eigenvalue weighted by Gasteiger charge is -2.03. The van der Waals surface area contributed by atoms with Gasteiger partial charge in [-0.3, -0.25) is 4.79 Å². The monoisotopic (exact) mass is 253 g/mol. The first kappa shape index (κ1) is 12.7. The Labute approximate surface area is 110 Å². The molecule has 0 bridgehead atoms. The van der Waals surface area contributed by atoms with E-state index < -0.39 is 17.2 Å². The van der Waals surface area contributed by atoms with Gasteiger partial charge in [-0.1, -0.05) is 60.7 Å². The summed E-state index contributed by atoms with van der Waals surface area (Å²) in [4.78, 5) is 22.9. The number of Topliss-reactive ketones (excluding diaryl/α,β-unsaturated/α-hetero) is 1. The van der Waals surface area contributed by atoms with Gasteiger partial charge in [0.2, 0.25) is 5.78 Å². The van der Waals surface area contributed by atoms with Crippen LogP contribution in [0.2, 0.25) is 0 Å². The standard InChI is InChI=1S/C15H11NO3/c17-14(11-7-3-1-4-8-11)13(16-19)15(18)12-9-5-2-6-10-12/h1-10,17H. The van der Waals surface area contributed by atoms with Crippen LogP contribution in [0, 0.1) is 4.91 Å². The van der Waals surface area contributed by atoms with Gasteiger partial charge >= 0.3 is 0 Å². The number of aliphatic hydroxyl groups is 1. The molecule has 0 saturated heterocycles. The minimum absolute atomic E-state index is 0.305.